The Bertz CT molecular complexity index is 576. The average molecular weight is 265 g/mol. The van der Waals surface area contributed by atoms with Gasteiger partial charge in [0.25, 0.3) is 0 Å². The van der Waals surface area contributed by atoms with Crippen LogP contribution in [0, 0.1) is 19.7 Å². The molecule has 0 saturated carbocycles. The van der Waals surface area contributed by atoms with Gasteiger partial charge in [-0.15, -0.1) is 0 Å². The van der Waals surface area contributed by atoms with Crippen LogP contribution in [-0.2, 0) is 6.54 Å². The third-order valence-electron chi connectivity index (χ3n) is 2.82. The van der Waals surface area contributed by atoms with Crippen molar-refractivity contribution in [2.75, 3.05) is 18.2 Å². The highest BCUT2D eigenvalue weighted by Crippen LogP contribution is 2.28. The smallest absolute Gasteiger partial charge is 0.213 e. The number of hydrogen-bond acceptors (Lipinski definition) is 5. The van der Waals surface area contributed by atoms with Crippen LogP contribution >= 0.6 is 0 Å². The van der Waals surface area contributed by atoms with E-state index in [1.165, 1.54) is 19.2 Å². The summed E-state index contributed by atoms with van der Waals surface area (Å²) in [5, 5.41) is 2.90. The molecule has 102 valence electrons. The third kappa shape index (κ3) is 2.78. The quantitative estimate of drug-likeness (QED) is 0.831. The SMILES string of the molecule is COc1cc(NCc2nc(C)c(C)o2)c(F)cc1N. The van der Waals surface area contributed by atoms with Crippen LogP contribution in [0.4, 0.5) is 15.8 Å². The van der Waals surface area contributed by atoms with E-state index in [0.717, 1.165) is 11.5 Å². The summed E-state index contributed by atoms with van der Waals surface area (Å²) in [6, 6.07) is 2.72. The van der Waals surface area contributed by atoms with Gasteiger partial charge in [-0.05, 0) is 13.8 Å². The Morgan fingerprint density at radius 1 is 1.42 bits per heavy atom. The molecule has 0 aliphatic rings. The molecule has 0 unspecified atom stereocenters. The normalized spacial score (nSPS) is 10.5. The van der Waals surface area contributed by atoms with Gasteiger partial charge in [-0.1, -0.05) is 0 Å². The summed E-state index contributed by atoms with van der Waals surface area (Å²) in [6.45, 7) is 3.98. The first-order valence-electron chi connectivity index (χ1n) is 5.81. The van der Waals surface area contributed by atoms with Gasteiger partial charge in [-0.25, -0.2) is 9.37 Å². The number of ether oxygens (including phenoxy) is 1. The lowest BCUT2D eigenvalue weighted by atomic mass is 10.2. The molecule has 3 N–H and O–H groups in total. The van der Waals surface area contributed by atoms with Gasteiger partial charge in [0.2, 0.25) is 5.89 Å². The van der Waals surface area contributed by atoms with Crippen molar-refractivity contribution in [1.82, 2.24) is 4.98 Å². The molecule has 0 aliphatic carbocycles. The third-order valence-corrected chi connectivity index (χ3v) is 2.82. The molecule has 0 aliphatic heterocycles. The highest BCUT2D eigenvalue weighted by Gasteiger charge is 2.10. The fraction of sp³-hybridized carbons (Fsp3) is 0.308. The van der Waals surface area contributed by atoms with Gasteiger partial charge in [0.1, 0.15) is 17.3 Å². The summed E-state index contributed by atoms with van der Waals surface area (Å²) in [5.74, 6) is 1.24. The summed E-state index contributed by atoms with van der Waals surface area (Å²) in [7, 11) is 1.48. The summed E-state index contributed by atoms with van der Waals surface area (Å²) in [4.78, 5) is 4.21. The highest BCUT2D eigenvalue weighted by molar-refractivity contribution is 5.62. The van der Waals surface area contributed by atoms with E-state index in [1.54, 1.807) is 0 Å². The van der Waals surface area contributed by atoms with Gasteiger partial charge in [0, 0.05) is 12.1 Å². The minimum atomic E-state index is -0.446. The zero-order valence-corrected chi connectivity index (χ0v) is 11.1. The molecular weight excluding hydrogens is 249 g/mol. The lowest BCUT2D eigenvalue weighted by Crippen LogP contribution is -2.03. The zero-order chi connectivity index (χ0) is 14.0. The maximum atomic E-state index is 13.7. The van der Waals surface area contributed by atoms with Crippen molar-refractivity contribution in [2.45, 2.75) is 20.4 Å². The Labute approximate surface area is 110 Å². The number of aromatic nitrogens is 1. The predicted molar refractivity (Wildman–Crippen MR) is 70.7 cm³/mol. The van der Waals surface area contributed by atoms with Crippen molar-refractivity contribution in [3.63, 3.8) is 0 Å². The molecule has 1 aromatic heterocycles. The minimum absolute atomic E-state index is 0.258. The molecule has 0 amide bonds. The van der Waals surface area contributed by atoms with Crippen molar-refractivity contribution >= 4 is 11.4 Å². The number of methoxy groups -OCH3 is 1. The van der Waals surface area contributed by atoms with Crippen LogP contribution in [0.2, 0.25) is 0 Å². The molecule has 2 aromatic rings. The van der Waals surface area contributed by atoms with Gasteiger partial charge in [-0.2, -0.15) is 0 Å². The lowest BCUT2D eigenvalue weighted by Gasteiger charge is -2.10. The minimum Gasteiger partial charge on any atom is -0.495 e. The zero-order valence-electron chi connectivity index (χ0n) is 11.1. The number of halogens is 1. The van der Waals surface area contributed by atoms with Gasteiger partial charge >= 0.3 is 0 Å². The molecule has 0 radical (unpaired) electrons. The number of oxazole rings is 1. The molecular formula is C13H16FN3O2. The lowest BCUT2D eigenvalue weighted by molar-refractivity contribution is 0.416. The summed E-state index contributed by atoms with van der Waals surface area (Å²) in [6.07, 6.45) is 0. The topological polar surface area (TPSA) is 73.3 Å². The highest BCUT2D eigenvalue weighted by atomic mass is 19.1. The standard InChI is InChI=1S/C13H16FN3O2/c1-7-8(2)19-13(17-7)6-16-11-5-12(18-3)10(15)4-9(11)14/h4-5,16H,6,15H2,1-3H3. The van der Waals surface area contributed by atoms with Gasteiger partial charge in [0.15, 0.2) is 0 Å². The van der Waals surface area contributed by atoms with Gasteiger partial charge in [-0.3, -0.25) is 0 Å². The molecule has 0 fully saturated rings. The van der Waals surface area contributed by atoms with Crippen LogP contribution in [-0.4, -0.2) is 12.1 Å². The number of rotatable bonds is 4. The molecule has 0 bridgehead atoms. The number of aryl methyl sites for hydroxylation is 2. The Hall–Kier alpha value is -2.24. The van der Waals surface area contributed by atoms with Crippen LogP contribution in [0.1, 0.15) is 17.3 Å². The van der Waals surface area contributed by atoms with E-state index >= 15 is 0 Å². The van der Waals surface area contributed by atoms with Crippen LogP contribution < -0.4 is 15.8 Å². The van der Waals surface area contributed by atoms with E-state index in [2.05, 4.69) is 10.3 Å². The van der Waals surface area contributed by atoms with Crippen molar-refractivity contribution < 1.29 is 13.5 Å². The van der Waals surface area contributed by atoms with E-state index < -0.39 is 5.82 Å². The monoisotopic (exact) mass is 265 g/mol. The number of nitrogens with two attached hydrogens (primary N) is 1. The van der Waals surface area contributed by atoms with Crippen LogP contribution in [0.15, 0.2) is 16.5 Å². The predicted octanol–water partition coefficient (Wildman–Crippen LogP) is 2.63. The Morgan fingerprint density at radius 3 is 2.74 bits per heavy atom. The van der Waals surface area contributed by atoms with Gasteiger partial charge in [0.05, 0.1) is 30.7 Å². The van der Waals surface area contributed by atoms with Crippen molar-refractivity contribution in [3.05, 3.63) is 35.3 Å². The molecule has 19 heavy (non-hydrogen) atoms. The second-order valence-electron chi connectivity index (χ2n) is 4.18. The average Bonchev–Trinajstić information content (AvgIpc) is 2.68. The first kappa shape index (κ1) is 13.2. The molecule has 0 saturated heterocycles. The number of benzene rings is 1. The molecule has 2 rings (SSSR count). The maximum Gasteiger partial charge on any atom is 0.213 e. The van der Waals surface area contributed by atoms with Crippen LogP contribution in [0.5, 0.6) is 5.75 Å². The maximum absolute atomic E-state index is 13.7. The summed E-state index contributed by atoms with van der Waals surface area (Å²) < 4.78 is 24.2. The van der Waals surface area contributed by atoms with Gasteiger partial charge < -0.3 is 20.2 Å². The first-order chi connectivity index (χ1) is 9.01. The number of nitrogen functional groups attached to an aromatic ring is 1. The van der Waals surface area contributed by atoms with Crippen molar-refractivity contribution in [3.8, 4) is 5.75 Å². The number of hydrogen-bond donors (Lipinski definition) is 2. The molecule has 0 atom stereocenters. The molecule has 1 aromatic carbocycles. The van der Waals surface area contributed by atoms with E-state index in [1.807, 2.05) is 13.8 Å². The van der Waals surface area contributed by atoms with Crippen molar-refractivity contribution in [2.24, 2.45) is 0 Å². The number of nitrogens with zero attached hydrogens (tertiary/aromatic N) is 1. The fourth-order valence-electron chi connectivity index (χ4n) is 1.67. The number of anilines is 2. The van der Waals surface area contributed by atoms with E-state index in [0.29, 0.717) is 23.9 Å². The van der Waals surface area contributed by atoms with Crippen molar-refractivity contribution in [1.29, 1.82) is 0 Å². The van der Waals surface area contributed by atoms with Crippen LogP contribution in [0.25, 0.3) is 0 Å². The van der Waals surface area contributed by atoms with E-state index in [9.17, 15) is 4.39 Å². The Balaban J connectivity index is 2.15. The fourth-order valence-corrected chi connectivity index (χ4v) is 1.67. The molecule has 6 heteroatoms. The molecule has 0 spiro atoms. The molecule has 5 nitrogen and oxygen atoms in total. The molecule has 1 heterocycles. The van der Waals surface area contributed by atoms with E-state index in [-0.39, 0.29) is 5.69 Å². The number of nitrogens with one attached hydrogen (secondary N) is 1. The largest absolute Gasteiger partial charge is 0.495 e. The summed E-state index contributed by atoms with van der Waals surface area (Å²) in [5.41, 5.74) is 6.98. The second-order valence-corrected chi connectivity index (χ2v) is 4.18. The Kier molecular flexibility index (Phi) is 3.59. The van der Waals surface area contributed by atoms with Crippen LogP contribution in [0.3, 0.4) is 0 Å². The first-order valence-corrected chi connectivity index (χ1v) is 5.81. The van der Waals surface area contributed by atoms with E-state index in [4.69, 9.17) is 14.9 Å². The summed E-state index contributed by atoms with van der Waals surface area (Å²) >= 11 is 0. The Morgan fingerprint density at radius 2 is 2.16 bits per heavy atom. The second kappa shape index (κ2) is 5.17.